The molecule has 0 aromatic heterocycles. The van der Waals surface area contributed by atoms with Crippen LogP contribution in [0.2, 0.25) is 0 Å². The summed E-state index contributed by atoms with van der Waals surface area (Å²) in [7, 11) is 0. The average molecular weight is 222 g/mol. The summed E-state index contributed by atoms with van der Waals surface area (Å²) < 4.78 is 18.3. The average Bonchev–Trinajstić information content (AvgIpc) is 2.23. The second-order valence-corrected chi connectivity index (χ2v) is 4.04. The highest BCUT2D eigenvalue weighted by Gasteiger charge is 2.17. The number of aryl methyl sites for hydroxylation is 1. The molecule has 0 saturated carbocycles. The van der Waals surface area contributed by atoms with E-state index in [0.29, 0.717) is 18.8 Å². The van der Waals surface area contributed by atoms with Gasteiger partial charge in [-0.05, 0) is 25.5 Å². The van der Waals surface area contributed by atoms with Crippen molar-refractivity contribution in [2.24, 2.45) is 5.73 Å². The predicted octanol–water partition coefficient (Wildman–Crippen LogP) is 2.14. The maximum atomic E-state index is 12.9. The van der Waals surface area contributed by atoms with Crippen molar-refractivity contribution in [1.82, 2.24) is 0 Å². The van der Waals surface area contributed by atoms with E-state index in [9.17, 15) is 4.39 Å². The molecule has 3 nitrogen and oxygen atoms in total. The van der Waals surface area contributed by atoms with Crippen LogP contribution in [0.15, 0.2) is 18.2 Å². The summed E-state index contributed by atoms with van der Waals surface area (Å²) in [6.07, 6.45) is 0.402. The number of halogens is 1. The van der Waals surface area contributed by atoms with Crippen molar-refractivity contribution in [1.29, 1.82) is 5.26 Å². The molecule has 1 aromatic carbocycles. The first kappa shape index (κ1) is 12.5. The molecule has 1 unspecified atom stereocenters. The van der Waals surface area contributed by atoms with Crippen molar-refractivity contribution in [2.45, 2.75) is 25.8 Å². The lowest BCUT2D eigenvalue weighted by atomic mass is 10.0. The number of nitriles is 1. The van der Waals surface area contributed by atoms with Gasteiger partial charge in [-0.15, -0.1) is 0 Å². The molecule has 4 heteroatoms. The summed E-state index contributed by atoms with van der Waals surface area (Å²) in [5.41, 5.74) is 5.59. The van der Waals surface area contributed by atoms with Gasteiger partial charge in [-0.25, -0.2) is 4.39 Å². The van der Waals surface area contributed by atoms with Crippen LogP contribution >= 0.6 is 0 Å². The van der Waals surface area contributed by atoms with Gasteiger partial charge in [0.05, 0.1) is 12.7 Å². The van der Waals surface area contributed by atoms with Gasteiger partial charge < -0.3 is 10.5 Å². The molecule has 0 saturated heterocycles. The van der Waals surface area contributed by atoms with Crippen LogP contribution < -0.4 is 10.5 Å². The Bertz CT molecular complexity index is 410. The Morgan fingerprint density at radius 2 is 2.25 bits per heavy atom. The molecule has 1 aromatic rings. The first-order chi connectivity index (χ1) is 7.44. The summed E-state index contributed by atoms with van der Waals surface area (Å²) in [5, 5.41) is 8.70. The van der Waals surface area contributed by atoms with E-state index in [0.717, 1.165) is 5.56 Å². The van der Waals surface area contributed by atoms with Crippen LogP contribution in [-0.4, -0.2) is 12.1 Å². The molecule has 86 valence electrons. The van der Waals surface area contributed by atoms with Gasteiger partial charge >= 0.3 is 0 Å². The van der Waals surface area contributed by atoms with E-state index >= 15 is 0 Å². The van der Waals surface area contributed by atoms with E-state index in [2.05, 4.69) is 0 Å². The number of nitrogens with two attached hydrogens (primary N) is 1. The van der Waals surface area contributed by atoms with E-state index in [1.807, 2.05) is 13.0 Å². The fourth-order valence-corrected chi connectivity index (χ4v) is 1.16. The quantitative estimate of drug-likeness (QED) is 0.849. The second kappa shape index (κ2) is 4.95. The molecule has 0 spiro atoms. The molecule has 1 atom stereocenters. The van der Waals surface area contributed by atoms with Crippen molar-refractivity contribution < 1.29 is 9.13 Å². The van der Waals surface area contributed by atoms with Crippen LogP contribution in [0.1, 0.15) is 18.9 Å². The number of hydrogen-bond acceptors (Lipinski definition) is 3. The minimum atomic E-state index is -0.902. The van der Waals surface area contributed by atoms with E-state index in [-0.39, 0.29) is 5.82 Å². The maximum absolute atomic E-state index is 12.9. The number of ether oxygens (including phenoxy) is 1. The van der Waals surface area contributed by atoms with Crippen molar-refractivity contribution in [3.63, 3.8) is 0 Å². The van der Waals surface area contributed by atoms with E-state index in [1.54, 1.807) is 13.0 Å². The molecule has 0 aliphatic carbocycles. The molecule has 16 heavy (non-hydrogen) atoms. The minimum Gasteiger partial charge on any atom is -0.493 e. The van der Waals surface area contributed by atoms with Gasteiger partial charge in [0.2, 0.25) is 0 Å². The normalized spacial score (nSPS) is 13.9. The molecular formula is C12H15FN2O. The van der Waals surface area contributed by atoms with E-state index in [4.69, 9.17) is 15.7 Å². The van der Waals surface area contributed by atoms with Crippen LogP contribution in [-0.2, 0) is 0 Å². The molecule has 0 aliphatic rings. The zero-order valence-electron chi connectivity index (χ0n) is 9.46. The zero-order valence-corrected chi connectivity index (χ0v) is 9.46. The highest BCUT2D eigenvalue weighted by Crippen LogP contribution is 2.19. The number of rotatable bonds is 4. The van der Waals surface area contributed by atoms with Crippen molar-refractivity contribution in [2.75, 3.05) is 6.61 Å². The van der Waals surface area contributed by atoms with Crippen LogP contribution in [0.3, 0.4) is 0 Å². The lowest BCUT2D eigenvalue weighted by Crippen LogP contribution is -2.35. The number of benzene rings is 1. The third-order valence-electron chi connectivity index (χ3n) is 2.28. The summed E-state index contributed by atoms with van der Waals surface area (Å²) in [4.78, 5) is 0. The molecule has 0 aliphatic heterocycles. The molecule has 1 rings (SSSR count). The summed E-state index contributed by atoms with van der Waals surface area (Å²) in [5.74, 6) is 0.158. The van der Waals surface area contributed by atoms with Gasteiger partial charge in [0.25, 0.3) is 0 Å². The molecule has 0 radical (unpaired) electrons. The first-order valence-corrected chi connectivity index (χ1v) is 5.04. The van der Waals surface area contributed by atoms with Gasteiger partial charge in [-0.1, -0.05) is 6.07 Å². The van der Waals surface area contributed by atoms with Crippen molar-refractivity contribution in [3.05, 3.63) is 29.6 Å². The molecule has 2 N–H and O–H groups in total. The smallest absolute Gasteiger partial charge is 0.126 e. The van der Waals surface area contributed by atoms with Gasteiger partial charge in [0, 0.05) is 12.5 Å². The molecule has 0 heterocycles. The van der Waals surface area contributed by atoms with Crippen LogP contribution in [0.25, 0.3) is 0 Å². The molecule has 0 bridgehead atoms. The third kappa shape index (κ3) is 3.52. The highest BCUT2D eigenvalue weighted by atomic mass is 19.1. The fraction of sp³-hybridized carbons (Fsp3) is 0.417. The number of nitrogens with zero attached hydrogens (tertiary/aromatic N) is 1. The van der Waals surface area contributed by atoms with Crippen molar-refractivity contribution >= 4 is 0 Å². The highest BCUT2D eigenvalue weighted by molar-refractivity contribution is 5.32. The zero-order chi connectivity index (χ0) is 12.2. The van der Waals surface area contributed by atoms with Crippen LogP contribution in [0.4, 0.5) is 4.39 Å². The third-order valence-corrected chi connectivity index (χ3v) is 2.28. The lowest BCUT2D eigenvalue weighted by Gasteiger charge is -2.16. The Morgan fingerprint density at radius 1 is 1.56 bits per heavy atom. The lowest BCUT2D eigenvalue weighted by molar-refractivity contribution is 0.283. The van der Waals surface area contributed by atoms with Gasteiger partial charge in [-0.2, -0.15) is 5.26 Å². The van der Waals surface area contributed by atoms with Crippen LogP contribution in [0, 0.1) is 24.1 Å². The van der Waals surface area contributed by atoms with Gasteiger partial charge in [-0.3, -0.25) is 0 Å². The second-order valence-electron chi connectivity index (χ2n) is 4.04. The van der Waals surface area contributed by atoms with Crippen molar-refractivity contribution in [3.8, 4) is 11.8 Å². The predicted molar refractivity (Wildman–Crippen MR) is 59.5 cm³/mol. The van der Waals surface area contributed by atoms with E-state index < -0.39 is 5.54 Å². The summed E-state index contributed by atoms with van der Waals surface area (Å²) in [6, 6.07) is 6.34. The van der Waals surface area contributed by atoms with Gasteiger partial charge in [0.1, 0.15) is 17.1 Å². The monoisotopic (exact) mass is 222 g/mol. The molecule has 0 amide bonds. The Labute approximate surface area is 94.6 Å². The van der Waals surface area contributed by atoms with Gasteiger partial charge in [0.15, 0.2) is 0 Å². The maximum Gasteiger partial charge on any atom is 0.126 e. The summed E-state index contributed by atoms with van der Waals surface area (Å²) >= 11 is 0. The molecule has 0 fully saturated rings. The summed E-state index contributed by atoms with van der Waals surface area (Å²) in [6.45, 7) is 3.76. The standard InChI is InChI=1S/C12H15FN2O/c1-9-3-4-10(13)7-11(9)16-6-5-12(2,15)8-14/h3-4,7H,5-6,15H2,1-2H3. The number of hydrogen-bond donors (Lipinski definition) is 1. The Balaban J connectivity index is 2.56. The largest absolute Gasteiger partial charge is 0.493 e. The Morgan fingerprint density at radius 3 is 2.88 bits per heavy atom. The first-order valence-electron chi connectivity index (χ1n) is 5.04. The topological polar surface area (TPSA) is 59.0 Å². The molecular weight excluding hydrogens is 207 g/mol. The van der Waals surface area contributed by atoms with Crippen LogP contribution in [0.5, 0.6) is 5.75 Å². The fourth-order valence-electron chi connectivity index (χ4n) is 1.16. The van der Waals surface area contributed by atoms with E-state index in [1.165, 1.54) is 12.1 Å². The Hall–Kier alpha value is -1.60. The SMILES string of the molecule is Cc1ccc(F)cc1OCCC(C)(N)C#N. The minimum absolute atomic E-state index is 0.296. The Kier molecular flexibility index (Phi) is 3.86.